The van der Waals surface area contributed by atoms with Crippen LogP contribution < -0.4 is 5.32 Å². The zero-order chi connectivity index (χ0) is 18.6. The summed E-state index contributed by atoms with van der Waals surface area (Å²) in [6.07, 6.45) is 7.99. The largest absolute Gasteiger partial charge is 0.361 e. The lowest BCUT2D eigenvalue weighted by Crippen LogP contribution is -2.26. The topological polar surface area (TPSA) is 57.8 Å². The summed E-state index contributed by atoms with van der Waals surface area (Å²) in [5.74, 6) is 2.25. The second kappa shape index (κ2) is 7.48. The number of nitrogens with zero attached hydrogens (tertiary/aromatic N) is 1. The molecular weight excluding hydrogens is 354 g/mol. The molecule has 0 bridgehead atoms. The Hall–Kier alpha value is -3.36. The number of aromatic nitrogens is 2. The fraction of sp³-hybridized carbons (Fsp3) is 0.0909. The number of thiazole rings is 1. The lowest BCUT2D eigenvalue weighted by atomic mass is 9.99. The van der Waals surface area contributed by atoms with Gasteiger partial charge in [0.25, 0.3) is 5.91 Å². The fourth-order valence-electron chi connectivity index (χ4n) is 3.09. The average molecular weight is 371 g/mol. The van der Waals surface area contributed by atoms with Crippen LogP contribution in [-0.2, 0) is 6.42 Å². The van der Waals surface area contributed by atoms with Crippen LogP contribution in [-0.4, -0.2) is 22.4 Å². The maximum absolute atomic E-state index is 12.1. The van der Waals surface area contributed by atoms with Crippen molar-refractivity contribution in [2.45, 2.75) is 6.42 Å². The normalized spacial score (nSPS) is 10.6. The summed E-state index contributed by atoms with van der Waals surface area (Å²) < 4.78 is 0. The number of hydrogen-bond donors (Lipinski definition) is 2. The van der Waals surface area contributed by atoms with Gasteiger partial charge in [0.15, 0.2) is 5.01 Å². The summed E-state index contributed by atoms with van der Waals surface area (Å²) in [4.78, 5) is 19.5. The van der Waals surface area contributed by atoms with Gasteiger partial charge in [-0.25, -0.2) is 4.98 Å². The number of aromatic amines is 1. The molecule has 2 heterocycles. The van der Waals surface area contributed by atoms with E-state index in [4.69, 9.17) is 6.42 Å². The highest BCUT2D eigenvalue weighted by Gasteiger charge is 2.10. The number of hydrogen-bond acceptors (Lipinski definition) is 3. The first-order valence-corrected chi connectivity index (χ1v) is 9.48. The Morgan fingerprint density at radius 3 is 2.96 bits per heavy atom. The highest BCUT2D eigenvalue weighted by atomic mass is 32.1. The van der Waals surface area contributed by atoms with Crippen LogP contribution in [0.25, 0.3) is 22.0 Å². The van der Waals surface area contributed by atoms with E-state index in [1.54, 1.807) is 5.38 Å². The Bertz CT molecular complexity index is 1150. The summed E-state index contributed by atoms with van der Waals surface area (Å²) in [7, 11) is 0. The number of carbonyl (C=O) groups excluding carboxylic acids is 1. The molecule has 1 amide bonds. The van der Waals surface area contributed by atoms with Crippen molar-refractivity contribution in [2.24, 2.45) is 0 Å². The molecule has 4 nitrogen and oxygen atoms in total. The van der Waals surface area contributed by atoms with Gasteiger partial charge in [-0.3, -0.25) is 4.79 Å². The van der Waals surface area contributed by atoms with Crippen molar-refractivity contribution >= 4 is 28.1 Å². The fourth-order valence-corrected chi connectivity index (χ4v) is 3.69. The minimum absolute atomic E-state index is 0.194. The first-order chi connectivity index (χ1) is 13.2. The summed E-state index contributed by atoms with van der Waals surface area (Å²) in [6.45, 7) is 0.541. The van der Waals surface area contributed by atoms with Crippen LogP contribution in [0.2, 0.25) is 0 Å². The lowest BCUT2D eigenvalue weighted by Gasteiger charge is -2.08. The molecule has 27 heavy (non-hydrogen) atoms. The molecule has 0 aliphatic heterocycles. The molecule has 0 spiro atoms. The second-order valence-electron chi connectivity index (χ2n) is 6.13. The first-order valence-electron chi connectivity index (χ1n) is 8.60. The van der Waals surface area contributed by atoms with Crippen LogP contribution in [0.1, 0.15) is 21.1 Å². The van der Waals surface area contributed by atoms with Crippen LogP contribution in [0.5, 0.6) is 0 Å². The number of carbonyl (C=O) groups is 1. The SMILES string of the molecule is C#Cc1nc(C(=O)NCCc2cccc(-c3cccc4[nH]ccc34)c2)cs1. The summed E-state index contributed by atoms with van der Waals surface area (Å²) in [5, 5.41) is 6.31. The molecular formula is C22H17N3OS. The minimum atomic E-state index is -0.194. The van der Waals surface area contributed by atoms with Crippen LogP contribution in [0.15, 0.2) is 60.1 Å². The predicted octanol–water partition coefficient (Wildman–Crippen LogP) is 4.25. The lowest BCUT2D eigenvalue weighted by molar-refractivity contribution is 0.0950. The van der Waals surface area contributed by atoms with Crippen LogP contribution >= 0.6 is 11.3 Å². The van der Waals surface area contributed by atoms with Crippen molar-refractivity contribution in [3.8, 4) is 23.5 Å². The van der Waals surface area contributed by atoms with Crippen molar-refractivity contribution < 1.29 is 4.79 Å². The third-order valence-corrected chi connectivity index (χ3v) is 5.17. The summed E-state index contributed by atoms with van der Waals surface area (Å²) in [6, 6.07) is 16.8. The van der Waals surface area contributed by atoms with Crippen molar-refractivity contribution in [1.29, 1.82) is 0 Å². The standard InChI is InChI=1S/C22H17N3OS/c1-2-21-25-20(14-27-21)22(26)24-11-9-15-5-3-6-16(13-15)17-7-4-8-19-18(17)10-12-23-19/h1,3-8,10,12-14,23H,9,11H2,(H,24,26). The average Bonchev–Trinajstić information content (AvgIpc) is 3.37. The molecule has 5 heteroatoms. The van der Waals surface area contributed by atoms with Gasteiger partial charge in [-0.15, -0.1) is 17.8 Å². The van der Waals surface area contributed by atoms with E-state index in [9.17, 15) is 4.79 Å². The second-order valence-corrected chi connectivity index (χ2v) is 6.99. The monoisotopic (exact) mass is 371 g/mol. The zero-order valence-corrected chi connectivity index (χ0v) is 15.3. The van der Waals surface area contributed by atoms with Crippen molar-refractivity contribution in [3.05, 3.63) is 76.4 Å². The quantitative estimate of drug-likeness (QED) is 0.516. The van der Waals surface area contributed by atoms with E-state index >= 15 is 0 Å². The van der Waals surface area contributed by atoms with Crippen LogP contribution in [0, 0.1) is 12.3 Å². The highest BCUT2D eigenvalue weighted by molar-refractivity contribution is 7.10. The Morgan fingerprint density at radius 2 is 2.11 bits per heavy atom. The van der Waals surface area contributed by atoms with Crippen LogP contribution in [0.4, 0.5) is 0 Å². The number of nitrogens with one attached hydrogen (secondary N) is 2. The van der Waals surface area contributed by atoms with Gasteiger partial charge >= 0.3 is 0 Å². The van der Waals surface area contributed by atoms with Gasteiger partial charge in [-0.05, 0) is 41.2 Å². The maximum atomic E-state index is 12.1. The van der Waals surface area contributed by atoms with E-state index in [0.717, 1.165) is 11.9 Å². The number of terminal acetylenes is 1. The third-order valence-electron chi connectivity index (χ3n) is 4.39. The van der Waals surface area contributed by atoms with Crippen molar-refractivity contribution in [2.75, 3.05) is 6.54 Å². The van der Waals surface area contributed by atoms with Gasteiger partial charge < -0.3 is 10.3 Å². The highest BCUT2D eigenvalue weighted by Crippen LogP contribution is 2.28. The molecule has 132 valence electrons. The molecule has 0 saturated carbocycles. The molecule has 2 N–H and O–H groups in total. The van der Waals surface area contributed by atoms with Crippen molar-refractivity contribution in [1.82, 2.24) is 15.3 Å². The maximum Gasteiger partial charge on any atom is 0.270 e. The molecule has 2 aromatic heterocycles. The number of amides is 1. The Balaban J connectivity index is 1.45. The molecule has 0 saturated heterocycles. The van der Waals surface area contributed by atoms with Gasteiger partial charge in [0.05, 0.1) is 0 Å². The van der Waals surface area contributed by atoms with E-state index in [2.05, 4.69) is 69.7 Å². The summed E-state index contributed by atoms with van der Waals surface area (Å²) >= 11 is 1.30. The van der Waals surface area contributed by atoms with Gasteiger partial charge in [0, 0.05) is 29.0 Å². The number of fused-ring (bicyclic) bond motifs is 1. The molecule has 0 aliphatic carbocycles. The first kappa shape index (κ1) is 17.1. The van der Waals surface area contributed by atoms with E-state index in [1.807, 2.05) is 6.20 Å². The molecule has 0 unspecified atom stereocenters. The molecule has 0 fully saturated rings. The van der Waals surface area contributed by atoms with E-state index in [0.29, 0.717) is 17.2 Å². The van der Waals surface area contributed by atoms with E-state index < -0.39 is 0 Å². The molecule has 4 aromatic rings. The zero-order valence-electron chi connectivity index (χ0n) is 14.5. The smallest absolute Gasteiger partial charge is 0.270 e. The third kappa shape index (κ3) is 3.62. The Morgan fingerprint density at radius 1 is 1.22 bits per heavy atom. The number of H-pyrrole nitrogens is 1. The van der Waals surface area contributed by atoms with E-state index in [1.165, 1.54) is 33.4 Å². The van der Waals surface area contributed by atoms with Gasteiger partial charge in [-0.1, -0.05) is 36.4 Å². The summed E-state index contributed by atoms with van der Waals surface area (Å²) in [5.41, 5.74) is 5.04. The van der Waals surface area contributed by atoms with Crippen LogP contribution in [0.3, 0.4) is 0 Å². The molecule has 4 rings (SSSR count). The number of benzene rings is 2. The molecule has 0 atom stereocenters. The van der Waals surface area contributed by atoms with Crippen molar-refractivity contribution in [3.63, 3.8) is 0 Å². The Kier molecular flexibility index (Phi) is 4.73. The minimum Gasteiger partial charge on any atom is -0.361 e. The number of rotatable bonds is 5. The molecule has 2 aromatic carbocycles. The predicted molar refractivity (Wildman–Crippen MR) is 110 cm³/mol. The van der Waals surface area contributed by atoms with Gasteiger partial charge in [0.1, 0.15) is 5.69 Å². The molecule has 0 radical (unpaired) electrons. The van der Waals surface area contributed by atoms with Gasteiger partial charge in [-0.2, -0.15) is 0 Å². The molecule has 0 aliphatic rings. The Labute approximate surface area is 161 Å². The van der Waals surface area contributed by atoms with Gasteiger partial charge in [0.2, 0.25) is 0 Å². The van der Waals surface area contributed by atoms with E-state index in [-0.39, 0.29) is 5.91 Å².